The first-order chi connectivity index (χ1) is 12.3. The van der Waals surface area contributed by atoms with Crippen LogP contribution in [0, 0.1) is 0 Å². The van der Waals surface area contributed by atoms with E-state index in [9.17, 15) is 9.32 Å². The summed E-state index contributed by atoms with van der Waals surface area (Å²) in [4.78, 5) is 2.25. The Morgan fingerprint density at radius 3 is 2.81 bits per heavy atom. The van der Waals surface area contributed by atoms with Crippen LogP contribution in [0.3, 0.4) is 0 Å². The Hall–Kier alpha value is -1.44. The average Bonchev–Trinajstić information content (AvgIpc) is 3.10. The Morgan fingerprint density at radius 2 is 2.23 bits per heavy atom. The molecule has 2 heterocycles. The van der Waals surface area contributed by atoms with E-state index in [1.165, 1.54) is 0 Å². The van der Waals surface area contributed by atoms with Crippen LogP contribution in [0.5, 0.6) is 0 Å². The van der Waals surface area contributed by atoms with Crippen molar-refractivity contribution in [1.82, 2.24) is 19.0 Å². The molecule has 3 rings (SSSR count). The number of hydrogen-bond donors (Lipinski definition) is 2. The van der Waals surface area contributed by atoms with E-state index in [0.717, 1.165) is 37.2 Å². The second-order valence-corrected chi connectivity index (χ2v) is 11.0. The van der Waals surface area contributed by atoms with Gasteiger partial charge in [0.2, 0.25) is 0 Å². The first-order valence-electron chi connectivity index (χ1n) is 9.38. The van der Waals surface area contributed by atoms with Gasteiger partial charge in [-0.3, -0.25) is 13.8 Å². The van der Waals surface area contributed by atoms with Crippen molar-refractivity contribution in [3.8, 4) is 0 Å². The van der Waals surface area contributed by atoms with Gasteiger partial charge in [-0.15, -0.1) is 0 Å². The number of aliphatic hydroxyl groups excluding tert-OH is 1. The molecule has 0 radical (unpaired) electrons. The van der Waals surface area contributed by atoms with Crippen molar-refractivity contribution >= 4 is 10.1 Å². The molecule has 1 aliphatic carbocycles. The summed E-state index contributed by atoms with van der Waals surface area (Å²) in [7, 11) is -0.857. The van der Waals surface area contributed by atoms with E-state index in [2.05, 4.69) is 29.1 Å². The van der Waals surface area contributed by atoms with Crippen LogP contribution in [0.25, 0.3) is 0 Å². The molecule has 1 aromatic rings. The van der Waals surface area contributed by atoms with Crippen molar-refractivity contribution in [3.63, 3.8) is 0 Å². The summed E-state index contributed by atoms with van der Waals surface area (Å²) < 4.78 is 17.0. The van der Waals surface area contributed by atoms with Gasteiger partial charge in [0.25, 0.3) is 0 Å². The number of β-amino-alcohol motifs (C(OH)–C–C–N with tert-alkyl or cyclic N) is 1. The fourth-order valence-corrected chi connectivity index (χ4v) is 6.67. The van der Waals surface area contributed by atoms with Gasteiger partial charge >= 0.3 is 0 Å². The lowest BCUT2D eigenvalue weighted by Gasteiger charge is -2.42. The maximum Gasteiger partial charge on any atom is 0.0903 e. The molecule has 6 nitrogen and oxygen atoms in total. The lowest BCUT2D eigenvalue weighted by Crippen LogP contribution is -2.54. The third-order valence-electron chi connectivity index (χ3n) is 5.90. The van der Waals surface area contributed by atoms with Crippen LogP contribution in [-0.2, 0) is 23.7 Å². The second kappa shape index (κ2) is 7.29. The van der Waals surface area contributed by atoms with Crippen LogP contribution in [0.2, 0.25) is 0 Å². The molecule has 0 spiro atoms. The normalized spacial score (nSPS) is 29.2. The quantitative estimate of drug-likeness (QED) is 0.734. The summed E-state index contributed by atoms with van der Waals surface area (Å²) in [5, 5.41) is 15.1. The predicted molar refractivity (Wildman–Crippen MR) is 107 cm³/mol. The molecule has 1 aromatic heterocycles. The summed E-state index contributed by atoms with van der Waals surface area (Å²) in [6, 6.07) is 0. The SMILES string of the molecule is CCN(Cc1cnn(C)c1)C[C@]1(C)[C@@H](O)CN(C2=CCCC=C2)[SH]1(C)=O. The fraction of sp³-hybridized carbons (Fsp3) is 0.632. The number of nitrogens with zero attached hydrogens (tertiary/aromatic N) is 4. The number of aromatic nitrogens is 2. The number of allylic oxidation sites excluding steroid dienone is 3. The number of rotatable bonds is 6. The van der Waals surface area contributed by atoms with Crippen LogP contribution >= 0.6 is 0 Å². The zero-order chi connectivity index (χ0) is 18.9. The Kier molecular flexibility index (Phi) is 5.42. The maximum atomic E-state index is 13.9. The first kappa shape index (κ1) is 19.3. The Bertz CT molecular complexity index is 756. The van der Waals surface area contributed by atoms with Crippen molar-refractivity contribution < 1.29 is 9.32 Å². The summed E-state index contributed by atoms with van der Waals surface area (Å²) in [5.74, 6) is 0. The molecule has 2 atom stereocenters. The van der Waals surface area contributed by atoms with Crippen molar-refractivity contribution in [2.75, 3.05) is 25.9 Å². The van der Waals surface area contributed by atoms with Gasteiger partial charge < -0.3 is 9.41 Å². The molecule has 7 heteroatoms. The van der Waals surface area contributed by atoms with E-state index < -0.39 is 21.0 Å². The molecular formula is C19H32N4O2S. The van der Waals surface area contributed by atoms with Crippen molar-refractivity contribution in [2.24, 2.45) is 7.05 Å². The minimum absolute atomic E-state index is 0.435. The molecule has 146 valence electrons. The first-order valence-corrected chi connectivity index (χ1v) is 11.5. The van der Waals surface area contributed by atoms with Gasteiger partial charge in [-0.05, 0) is 42.5 Å². The number of thiol groups is 1. The van der Waals surface area contributed by atoms with E-state index in [0.29, 0.717) is 13.1 Å². The third kappa shape index (κ3) is 3.40. The van der Waals surface area contributed by atoms with Crippen LogP contribution in [0.1, 0.15) is 32.3 Å². The molecule has 0 unspecified atom stereocenters. The van der Waals surface area contributed by atoms with Gasteiger partial charge in [-0.25, -0.2) is 0 Å². The highest BCUT2D eigenvalue weighted by molar-refractivity contribution is 8.02. The third-order valence-corrected chi connectivity index (χ3v) is 9.55. The number of aliphatic hydroxyl groups is 1. The second-order valence-electron chi connectivity index (χ2n) is 7.77. The molecule has 1 aliphatic heterocycles. The zero-order valence-electron chi connectivity index (χ0n) is 16.3. The minimum atomic E-state index is -2.77. The zero-order valence-corrected chi connectivity index (χ0v) is 17.2. The van der Waals surface area contributed by atoms with Crippen LogP contribution in [-0.4, -0.2) is 65.0 Å². The Balaban J connectivity index is 1.81. The molecule has 0 bridgehead atoms. The average molecular weight is 381 g/mol. The van der Waals surface area contributed by atoms with E-state index in [1.807, 2.05) is 43.0 Å². The van der Waals surface area contributed by atoms with Gasteiger partial charge in [0, 0.05) is 43.9 Å². The smallest absolute Gasteiger partial charge is 0.0903 e. The monoisotopic (exact) mass is 380 g/mol. The molecule has 0 amide bonds. The van der Waals surface area contributed by atoms with E-state index in [-0.39, 0.29) is 0 Å². The van der Waals surface area contributed by atoms with E-state index >= 15 is 0 Å². The minimum Gasteiger partial charge on any atom is -0.390 e. The lowest BCUT2D eigenvalue weighted by molar-refractivity contribution is 0.111. The molecule has 0 aromatic carbocycles. The Labute approximate surface area is 157 Å². The highest BCUT2D eigenvalue weighted by Gasteiger charge is 2.53. The Morgan fingerprint density at radius 1 is 1.46 bits per heavy atom. The molecule has 26 heavy (non-hydrogen) atoms. The standard InChI is InChI=1S/C19H32N4O2S/c1-5-22(13-16-11-20-21(3)12-16)15-19(2)18(24)14-23(26(19,4)25)17-9-7-6-8-10-17/h7,9-12,18,24,26H,5-6,8,13-15H2,1-4H3/t18-,19+/m0/s1. The highest BCUT2D eigenvalue weighted by atomic mass is 32.3. The molecule has 1 saturated heterocycles. The summed E-state index contributed by atoms with van der Waals surface area (Å²) in [5.41, 5.74) is 2.13. The van der Waals surface area contributed by atoms with Crippen LogP contribution < -0.4 is 0 Å². The summed E-state index contributed by atoms with van der Waals surface area (Å²) >= 11 is 0. The number of aryl methyl sites for hydroxylation is 1. The van der Waals surface area contributed by atoms with Crippen molar-refractivity contribution in [3.05, 3.63) is 41.9 Å². The highest BCUT2D eigenvalue weighted by Crippen LogP contribution is 2.41. The maximum absolute atomic E-state index is 13.9. The largest absolute Gasteiger partial charge is 0.390 e. The van der Waals surface area contributed by atoms with Gasteiger partial charge in [0.15, 0.2) is 0 Å². The topological polar surface area (TPSA) is 61.6 Å². The summed E-state index contributed by atoms with van der Waals surface area (Å²) in [6.45, 7) is 6.70. The van der Waals surface area contributed by atoms with Crippen LogP contribution in [0.4, 0.5) is 0 Å². The fourth-order valence-electron chi connectivity index (χ4n) is 3.97. The van der Waals surface area contributed by atoms with E-state index in [4.69, 9.17) is 0 Å². The molecule has 1 N–H and O–H groups in total. The molecular weight excluding hydrogens is 348 g/mol. The van der Waals surface area contributed by atoms with Gasteiger partial charge in [-0.1, -0.05) is 19.1 Å². The molecule has 1 fully saturated rings. The van der Waals surface area contributed by atoms with Crippen molar-refractivity contribution in [1.29, 1.82) is 0 Å². The van der Waals surface area contributed by atoms with E-state index in [1.54, 1.807) is 4.68 Å². The van der Waals surface area contributed by atoms with Gasteiger partial charge in [0.05, 0.1) is 23.6 Å². The molecule has 2 aliphatic rings. The van der Waals surface area contributed by atoms with Crippen molar-refractivity contribution in [2.45, 2.75) is 44.1 Å². The lowest BCUT2D eigenvalue weighted by atomic mass is 10.0. The predicted octanol–water partition coefficient (Wildman–Crippen LogP) is 1.47. The molecule has 0 saturated carbocycles. The van der Waals surface area contributed by atoms with Gasteiger partial charge in [-0.2, -0.15) is 5.10 Å². The number of hydrogen-bond acceptors (Lipinski definition) is 4. The summed E-state index contributed by atoms with van der Waals surface area (Å²) in [6.07, 6.45) is 13.4. The van der Waals surface area contributed by atoms with Crippen LogP contribution in [0.15, 0.2) is 36.3 Å². The van der Waals surface area contributed by atoms with Gasteiger partial charge in [0.1, 0.15) is 0 Å².